The molecule has 27 heavy (non-hydrogen) atoms. The number of nitrogens with zero attached hydrogens (tertiary/aromatic N) is 4. The molecule has 2 aromatic rings. The molecule has 1 aliphatic rings. The van der Waals surface area contributed by atoms with Crippen molar-refractivity contribution in [3.63, 3.8) is 0 Å². The van der Waals surface area contributed by atoms with Crippen molar-refractivity contribution in [3.05, 3.63) is 64.2 Å². The predicted octanol–water partition coefficient (Wildman–Crippen LogP) is 3.48. The number of anilines is 2. The highest BCUT2D eigenvalue weighted by Crippen LogP contribution is 2.53. The van der Waals surface area contributed by atoms with Crippen LogP contribution in [0.1, 0.15) is 5.56 Å². The van der Waals surface area contributed by atoms with Crippen molar-refractivity contribution in [1.29, 1.82) is 0 Å². The Labute approximate surface area is 147 Å². The van der Waals surface area contributed by atoms with Gasteiger partial charge in [0.2, 0.25) is 0 Å². The maximum Gasteiger partial charge on any atom is 0.306 e. The number of rotatable bonds is 4. The second kappa shape index (κ2) is 5.87. The van der Waals surface area contributed by atoms with E-state index in [1.165, 1.54) is 0 Å². The quantitative estimate of drug-likeness (QED) is 0.519. The Kier molecular flexibility index (Phi) is 3.79. The molecule has 0 atom stereocenters. The lowest BCUT2D eigenvalue weighted by atomic mass is 10.1. The van der Waals surface area contributed by atoms with Gasteiger partial charge in [-0.25, -0.2) is 0 Å². The summed E-state index contributed by atoms with van der Waals surface area (Å²) in [5.41, 5.74) is -3.64. The summed E-state index contributed by atoms with van der Waals surface area (Å²) in [6.07, 6.45) is 0. The first-order valence-electron chi connectivity index (χ1n) is 7.00. The van der Waals surface area contributed by atoms with Gasteiger partial charge in [0.25, 0.3) is 11.4 Å². The highest BCUT2D eigenvalue weighted by atomic mass is 16.6. The minimum atomic E-state index is -0.919. The summed E-state index contributed by atoms with van der Waals surface area (Å²) in [4.78, 5) is 41.2. The SMILES string of the molecule is Cc1c([N+](=O)[O-])cc2c(c1[N+](=O)[O-])Nc1c(cc([N+](=O)[O-])cc1[N+](=O)[O-])O2. The molecule has 138 valence electrons. The third kappa shape index (κ3) is 2.70. The fourth-order valence-electron chi connectivity index (χ4n) is 2.63. The maximum absolute atomic E-state index is 11.4. The molecule has 0 bridgehead atoms. The van der Waals surface area contributed by atoms with E-state index in [4.69, 9.17) is 4.74 Å². The molecule has 14 heteroatoms. The Morgan fingerprint density at radius 3 is 1.89 bits per heavy atom. The van der Waals surface area contributed by atoms with Crippen LogP contribution in [0.15, 0.2) is 18.2 Å². The smallest absolute Gasteiger partial charge is 0.306 e. The van der Waals surface area contributed by atoms with E-state index in [1.807, 2.05) is 0 Å². The summed E-state index contributed by atoms with van der Waals surface area (Å²) < 4.78 is 5.32. The number of nitro groups is 4. The van der Waals surface area contributed by atoms with Gasteiger partial charge >= 0.3 is 11.4 Å². The standard InChI is InChI=1S/C13H7N5O9/c1-5-7(16(21)22)4-10-12(13(5)18(25)26)14-11-8(17(23)24)2-6(15(19)20)3-9(11)27-10/h2-4,14H,1H3. The van der Waals surface area contributed by atoms with Crippen molar-refractivity contribution in [2.24, 2.45) is 0 Å². The number of nitrogens with one attached hydrogen (secondary N) is 1. The molecule has 1 N–H and O–H groups in total. The predicted molar refractivity (Wildman–Crippen MR) is 87.6 cm³/mol. The molecule has 0 aliphatic carbocycles. The number of hydrogen-bond acceptors (Lipinski definition) is 10. The van der Waals surface area contributed by atoms with Crippen LogP contribution in [0, 0.1) is 47.4 Å². The van der Waals surface area contributed by atoms with Gasteiger partial charge in [0.15, 0.2) is 22.9 Å². The van der Waals surface area contributed by atoms with Crippen molar-refractivity contribution in [2.45, 2.75) is 6.92 Å². The van der Waals surface area contributed by atoms with Crippen LogP contribution in [0.4, 0.5) is 34.1 Å². The highest BCUT2D eigenvalue weighted by molar-refractivity contribution is 5.90. The van der Waals surface area contributed by atoms with Gasteiger partial charge in [0.05, 0.1) is 37.9 Å². The molecule has 0 saturated carbocycles. The molecule has 14 nitrogen and oxygen atoms in total. The second-order valence-corrected chi connectivity index (χ2v) is 5.34. The van der Waals surface area contributed by atoms with Crippen molar-refractivity contribution >= 4 is 34.1 Å². The molecule has 0 aromatic heterocycles. The molecule has 0 radical (unpaired) electrons. The van der Waals surface area contributed by atoms with Crippen LogP contribution < -0.4 is 10.1 Å². The van der Waals surface area contributed by atoms with Gasteiger partial charge < -0.3 is 10.1 Å². The lowest BCUT2D eigenvalue weighted by Crippen LogP contribution is -2.10. The van der Waals surface area contributed by atoms with E-state index in [9.17, 15) is 40.5 Å². The zero-order valence-electron chi connectivity index (χ0n) is 13.2. The lowest BCUT2D eigenvalue weighted by Gasteiger charge is -2.21. The lowest BCUT2D eigenvalue weighted by molar-refractivity contribution is -0.394. The average molecular weight is 377 g/mol. The normalized spacial score (nSPS) is 11.4. The molecule has 1 aliphatic heterocycles. The second-order valence-electron chi connectivity index (χ2n) is 5.34. The molecule has 0 amide bonds. The van der Waals surface area contributed by atoms with Gasteiger partial charge in [-0.2, -0.15) is 0 Å². The summed E-state index contributed by atoms with van der Waals surface area (Å²) in [6, 6.07) is 2.44. The molecule has 1 heterocycles. The number of nitro benzene ring substituents is 4. The van der Waals surface area contributed by atoms with Crippen LogP contribution in [0.3, 0.4) is 0 Å². The Hall–Kier alpha value is -4.36. The zero-order chi connectivity index (χ0) is 20.0. The maximum atomic E-state index is 11.4. The molecular formula is C13H7N5O9. The van der Waals surface area contributed by atoms with Gasteiger partial charge in [-0.3, -0.25) is 40.5 Å². The van der Waals surface area contributed by atoms with Gasteiger partial charge in [-0.05, 0) is 6.92 Å². The first-order valence-corrected chi connectivity index (χ1v) is 7.00. The van der Waals surface area contributed by atoms with E-state index in [1.54, 1.807) is 0 Å². The van der Waals surface area contributed by atoms with Crippen molar-refractivity contribution in [1.82, 2.24) is 0 Å². The van der Waals surface area contributed by atoms with Gasteiger partial charge in [0.1, 0.15) is 5.56 Å². The summed E-state index contributed by atoms with van der Waals surface area (Å²) in [6.45, 7) is 1.15. The minimum Gasteiger partial charge on any atom is -0.452 e. The highest BCUT2D eigenvalue weighted by Gasteiger charge is 2.37. The topological polar surface area (TPSA) is 194 Å². The molecule has 0 fully saturated rings. The van der Waals surface area contributed by atoms with Crippen LogP contribution in [0.25, 0.3) is 0 Å². The molecule has 3 rings (SSSR count). The number of fused-ring (bicyclic) bond motifs is 2. The molecule has 0 unspecified atom stereocenters. The fraction of sp³-hybridized carbons (Fsp3) is 0.0769. The summed E-state index contributed by atoms with van der Waals surface area (Å²) in [5, 5.41) is 47.2. The summed E-state index contributed by atoms with van der Waals surface area (Å²) >= 11 is 0. The monoisotopic (exact) mass is 377 g/mol. The van der Waals surface area contributed by atoms with Crippen molar-refractivity contribution < 1.29 is 24.4 Å². The molecule has 0 spiro atoms. The summed E-state index contributed by atoms with van der Waals surface area (Å²) in [7, 11) is 0. The zero-order valence-corrected chi connectivity index (χ0v) is 13.2. The van der Waals surface area contributed by atoms with Crippen LogP contribution in [-0.2, 0) is 0 Å². The minimum absolute atomic E-state index is 0.284. The Morgan fingerprint density at radius 2 is 1.37 bits per heavy atom. The fourth-order valence-corrected chi connectivity index (χ4v) is 2.63. The molecule has 2 aromatic carbocycles. The first-order chi connectivity index (χ1) is 12.6. The third-order valence-electron chi connectivity index (χ3n) is 3.81. The van der Waals surface area contributed by atoms with E-state index in [-0.39, 0.29) is 28.4 Å². The largest absolute Gasteiger partial charge is 0.452 e. The van der Waals surface area contributed by atoms with Crippen LogP contribution in [0.2, 0.25) is 0 Å². The van der Waals surface area contributed by atoms with Gasteiger partial charge in [-0.15, -0.1) is 0 Å². The average Bonchev–Trinajstić information content (AvgIpc) is 2.57. The van der Waals surface area contributed by atoms with Crippen molar-refractivity contribution in [3.8, 4) is 11.5 Å². The number of hydrogen-bond donors (Lipinski definition) is 1. The molecular weight excluding hydrogens is 370 g/mol. The summed E-state index contributed by atoms with van der Waals surface area (Å²) in [5.74, 6) is -0.725. The van der Waals surface area contributed by atoms with Crippen molar-refractivity contribution in [2.75, 3.05) is 5.32 Å². The van der Waals surface area contributed by atoms with E-state index < -0.39 is 42.4 Å². The number of benzene rings is 2. The Morgan fingerprint density at radius 1 is 0.778 bits per heavy atom. The first kappa shape index (κ1) is 17.5. The van der Waals surface area contributed by atoms with E-state index >= 15 is 0 Å². The van der Waals surface area contributed by atoms with Crippen LogP contribution >= 0.6 is 0 Å². The number of non-ortho nitro benzene ring substituents is 1. The van der Waals surface area contributed by atoms with E-state index in [0.717, 1.165) is 19.1 Å². The van der Waals surface area contributed by atoms with Gasteiger partial charge in [-0.1, -0.05) is 0 Å². The van der Waals surface area contributed by atoms with Gasteiger partial charge in [0, 0.05) is 0 Å². The van der Waals surface area contributed by atoms with Crippen LogP contribution in [-0.4, -0.2) is 19.7 Å². The van der Waals surface area contributed by atoms with E-state index in [0.29, 0.717) is 6.07 Å². The van der Waals surface area contributed by atoms with Crippen LogP contribution in [0.5, 0.6) is 11.5 Å². The Bertz CT molecular complexity index is 1060. The number of ether oxygens (including phenoxy) is 1. The Balaban J connectivity index is 2.30. The molecule has 0 saturated heterocycles. The van der Waals surface area contributed by atoms with E-state index in [2.05, 4.69) is 5.32 Å². The third-order valence-corrected chi connectivity index (χ3v) is 3.81.